The van der Waals surface area contributed by atoms with Crippen LogP contribution in [0.1, 0.15) is 43.1 Å². The Balaban J connectivity index is 1.15. The van der Waals surface area contributed by atoms with E-state index in [2.05, 4.69) is 20.0 Å². The van der Waals surface area contributed by atoms with Crippen molar-refractivity contribution in [3.63, 3.8) is 0 Å². The third kappa shape index (κ3) is 5.08. The number of rotatable bonds is 7. The highest BCUT2D eigenvalue weighted by Crippen LogP contribution is 2.34. The molecule has 0 unspecified atom stereocenters. The standard InChI is InChI=1S/C26H31N5O4/c1-33-21-9-7-18(15-22(21)34-2)16-24(32)31-13-11-30(12-14-31)23-10-8-20(17-27-23)25-28-26(35-29-25)19-5-3-4-6-19/h7-10,15,17,19H,3-6,11-14,16H2,1-2H3. The van der Waals surface area contributed by atoms with Gasteiger partial charge in [0.05, 0.1) is 20.6 Å². The zero-order valence-electron chi connectivity index (χ0n) is 20.3. The lowest BCUT2D eigenvalue weighted by atomic mass is 10.1. The lowest BCUT2D eigenvalue weighted by Crippen LogP contribution is -2.49. The second-order valence-electron chi connectivity index (χ2n) is 9.08. The van der Waals surface area contributed by atoms with Crippen molar-refractivity contribution >= 4 is 11.7 Å². The molecule has 1 aliphatic heterocycles. The van der Waals surface area contributed by atoms with Crippen LogP contribution in [0.2, 0.25) is 0 Å². The topological polar surface area (TPSA) is 93.8 Å². The Morgan fingerprint density at radius 1 is 1.03 bits per heavy atom. The molecule has 2 aliphatic rings. The van der Waals surface area contributed by atoms with Crippen LogP contribution in [-0.2, 0) is 11.2 Å². The highest BCUT2D eigenvalue weighted by molar-refractivity contribution is 5.79. The first-order valence-electron chi connectivity index (χ1n) is 12.2. The van der Waals surface area contributed by atoms with E-state index in [1.807, 2.05) is 35.2 Å². The number of hydrogen-bond donors (Lipinski definition) is 0. The highest BCUT2D eigenvalue weighted by atomic mass is 16.5. The Bertz CT molecular complexity index is 1150. The van der Waals surface area contributed by atoms with Crippen LogP contribution in [-0.4, -0.2) is 66.3 Å². The molecule has 0 radical (unpaired) electrons. The Morgan fingerprint density at radius 2 is 1.80 bits per heavy atom. The van der Waals surface area contributed by atoms with Gasteiger partial charge in [-0.2, -0.15) is 4.98 Å². The van der Waals surface area contributed by atoms with Crippen molar-refractivity contribution in [2.24, 2.45) is 0 Å². The zero-order chi connectivity index (χ0) is 24.2. The maximum atomic E-state index is 12.9. The maximum Gasteiger partial charge on any atom is 0.230 e. The second-order valence-corrected chi connectivity index (χ2v) is 9.08. The number of aromatic nitrogens is 3. The van der Waals surface area contributed by atoms with Gasteiger partial charge in [-0.1, -0.05) is 24.1 Å². The Kier molecular flexibility index (Phi) is 6.83. The molecule has 1 amide bonds. The largest absolute Gasteiger partial charge is 0.493 e. The second kappa shape index (κ2) is 10.3. The quantitative estimate of drug-likeness (QED) is 0.509. The van der Waals surface area contributed by atoms with Crippen molar-refractivity contribution in [3.8, 4) is 22.9 Å². The Morgan fingerprint density at radius 3 is 2.49 bits per heavy atom. The Hall–Kier alpha value is -3.62. The smallest absolute Gasteiger partial charge is 0.230 e. The fourth-order valence-corrected chi connectivity index (χ4v) is 4.86. The third-order valence-corrected chi connectivity index (χ3v) is 6.91. The number of carbonyl (C=O) groups is 1. The van der Waals surface area contributed by atoms with Gasteiger partial charge in [0.1, 0.15) is 5.82 Å². The minimum Gasteiger partial charge on any atom is -0.493 e. The fraction of sp³-hybridized carbons (Fsp3) is 0.462. The first kappa shape index (κ1) is 23.1. The molecule has 9 heteroatoms. The van der Waals surface area contributed by atoms with Gasteiger partial charge in [0.25, 0.3) is 0 Å². The number of carbonyl (C=O) groups excluding carboxylic acids is 1. The molecule has 1 saturated carbocycles. The number of amides is 1. The van der Waals surface area contributed by atoms with Gasteiger partial charge in [0.2, 0.25) is 17.6 Å². The van der Waals surface area contributed by atoms with Gasteiger partial charge in [-0.25, -0.2) is 4.98 Å². The molecular formula is C26H31N5O4. The summed E-state index contributed by atoms with van der Waals surface area (Å²) >= 11 is 0. The predicted octanol–water partition coefficient (Wildman–Crippen LogP) is 3.70. The summed E-state index contributed by atoms with van der Waals surface area (Å²) < 4.78 is 16.1. The molecule has 3 heterocycles. The van der Waals surface area contributed by atoms with Gasteiger partial charge < -0.3 is 23.8 Å². The van der Waals surface area contributed by atoms with E-state index < -0.39 is 0 Å². The van der Waals surface area contributed by atoms with Gasteiger partial charge in [-0.05, 0) is 42.7 Å². The van der Waals surface area contributed by atoms with Crippen molar-refractivity contribution < 1.29 is 18.8 Å². The van der Waals surface area contributed by atoms with E-state index in [0.717, 1.165) is 48.8 Å². The minimum atomic E-state index is 0.107. The van der Waals surface area contributed by atoms with E-state index in [9.17, 15) is 4.79 Å². The van der Waals surface area contributed by atoms with Crippen molar-refractivity contribution in [2.75, 3.05) is 45.3 Å². The summed E-state index contributed by atoms with van der Waals surface area (Å²) in [6.07, 6.45) is 6.85. The molecule has 3 aromatic rings. The molecule has 1 saturated heterocycles. The van der Waals surface area contributed by atoms with E-state index in [1.54, 1.807) is 20.4 Å². The number of nitrogens with zero attached hydrogens (tertiary/aromatic N) is 5. The Labute approximate surface area is 205 Å². The first-order valence-corrected chi connectivity index (χ1v) is 12.2. The molecular weight excluding hydrogens is 446 g/mol. The van der Waals surface area contributed by atoms with Crippen LogP contribution in [0.3, 0.4) is 0 Å². The van der Waals surface area contributed by atoms with Crippen molar-refractivity contribution in [2.45, 2.75) is 38.0 Å². The number of hydrogen-bond acceptors (Lipinski definition) is 8. The van der Waals surface area contributed by atoms with Crippen LogP contribution in [0.4, 0.5) is 5.82 Å². The molecule has 9 nitrogen and oxygen atoms in total. The van der Waals surface area contributed by atoms with Crippen LogP contribution >= 0.6 is 0 Å². The van der Waals surface area contributed by atoms with Crippen molar-refractivity contribution in [1.29, 1.82) is 0 Å². The maximum absolute atomic E-state index is 12.9. The minimum absolute atomic E-state index is 0.107. The van der Waals surface area contributed by atoms with Gasteiger partial charge in [0.15, 0.2) is 11.5 Å². The molecule has 1 aliphatic carbocycles. The summed E-state index contributed by atoms with van der Waals surface area (Å²) in [6.45, 7) is 2.78. The number of ether oxygens (including phenoxy) is 2. The highest BCUT2D eigenvalue weighted by Gasteiger charge is 2.24. The van der Waals surface area contributed by atoms with E-state index in [0.29, 0.717) is 42.8 Å². The fourth-order valence-electron chi connectivity index (χ4n) is 4.86. The SMILES string of the molecule is COc1ccc(CC(=O)N2CCN(c3ccc(-c4noc(C5CCCC5)n4)cn3)CC2)cc1OC. The first-order chi connectivity index (χ1) is 17.1. The number of methoxy groups -OCH3 is 2. The van der Waals surface area contributed by atoms with Crippen LogP contribution in [0, 0.1) is 0 Å². The molecule has 1 aromatic carbocycles. The number of benzene rings is 1. The molecule has 2 aromatic heterocycles. The molecule has 184 valence electrons. The van der Waals surface area contributed by atoms with Gasteiger partial charge >= 0.3 is 0 Å². The average molecular weight is 478 g/mol. The monoisotopic (exact) mass is 477 g/mol. The van der Waals surface area contributed by atoms with Gasteiger partial charge in [0, 0.05) is 43.9 Å². The van der Waals surface area contributed by atoms with E-state index in [4.69, 9.17) is 14.0 Å². The molecule has 0 N–H and O–H groups in total. The summed E-state index contributed by atoms with van der Waals surface area (Å²) in [5.41, 5.74) is 1.76. The lowest BCUT2D eigenvalue weighted by Gasteiger charge is -2.35. The van der Waals surface area contributed by atoms with Crippen LogP contribution in [0.15, 0.2) is 41.1 Å². The molecule has 0 spiro atoms. The molecule has 0 atom stereocenters. The summed E-state index contributed by atoms with van der Waals surface area (Å²) in [7, 11) is 3.20. The average Bonchev–Trinajstić information content (AvgIpc) is 3.61. The number of anilines is 1. The summed E-state index contributed by atoms with van der Waals surface area (Å²) in [6, 6.07) is 9.57. The number of piperazine rings is 1. The lowest BCUT2D eigenvalue weighted by molar-refractivity contribution is -0.130. The zero-order valence-corrected chi connectivity index (χ0v) is 20.3. The van der Waals surface area contributed by atoms with E-state index in [-0.39, 0.29) is 5.91 Å². The summed E-state index contributed by atoms with van der Waals surface area (Å²) in [5, 5.41) is 4.16. The molecule has 5 rings (SSSR count). The van der Waals surface area contributed by atoms with Crippen molar-refractivity contribution in [1.82, 2.24) is 20.0 Å². The molecule has 2 fully saturated rings. The van der Waals surface area contributed by atoms with Crippen LogP contribution in [0.25, 0.3) is 11.4 Å². The van der Waals surface area contributed by atoms with Crippen molar-refractivity contribution in [3.05, 3.63) is 48.0 Å². The molecule has 0 bridgehead atoms. The summed E-state index contributed by atoms with van der Waals surface area (Å²) in [5.74, 6) is 4.02. The van der Waals surface area contributed by atoms with E-state index in [1.165, 1.54) is 12.8 Å². The van der Waals surface area contributed by atoms with Gasteiger partial charge in [-0.3, -0.25) is 4.79 Å². The number of pyridine rings is 1. The van der Waals surface area contributed by atoms with Gasteiger partial charge in [-0.15, -0.1) is 0 Å². The summed E-state index contributed by atoms with van der Waals surface area (Å²) in [4.78, 5) is 26.2. The van der Waals surface area contributed by atoms with E-state index >= 15 is 0 Å². The normalized spacial score (nSPS) is 16.5. The third-order valence-electron chi connectivity index (χ3n) is 6.91. The molecule has 35 heavy (non-hydrogen) atoms. The van der Waals surface area contributed by atoms with Crippen LogP contribution in [0.5, 0.6) is 11.5 Å². The van der Waals surface area contributed by atoms with Crippen LogP contribution < -0.4 is 14.4 Å². The predicted molar refractivity (Wildman–Crippen MR) is 131 cm³/mol.